The molecule has 0 saturated heterocycles. The van der Waals surface area contributed by atoms with E-state index in [4.69, 9.17) is 5.11 Å². The fourth-order valence-corrected chi connectivity index (χ4v) is 1.21. The Hall–Kier alpha value is -1.55. The van der Waals surface area contributed by atoms with Gasteiger partial charge in [0.15, 0.2) is 0 Å². The highest BCUT2D eigenvalue weighted by Crippen LogP contribution is 2.34. The Morgan fingerprint density at radius 3 is 2.83 bits per heavy atom. The number of phenolic OH excluding ortho intramolecular Hbond substituents is 1. The number of aromatic hydroxyl groups is 1. The van der Waals surface area contributed by atoms with E-state index in [1.807, 2.05) is 0 Å². The van der Waals surface area contributed by atoms with Crippen molar-refractivity contribution in [2.24, 2.45) is 0 Å². The molecule has 0 aliphatic carbocycles. The Balaban J connectivity index is 2.67. The van der Waals surface area contributed by atoms with E-state index in [2.05, 4.69) is 4.74 Å². The van der Waals surface area contributed by atoms with Crippen LogP contribution in [0, 0.1) is 0 Å². The zero-order valence-corrected chi connectivity index (χ0v) is 6.02. The van der Waals surface area contributed by atoms with Crippen molar-refractivity contribution in [2.45, 2.75) is 6.29 Å². The molecule has 1 aliphatic heterocycles. The molecule has 12 heavy (non-hydrogen) atoms. The molecule has 1 heterocycles. The van der Waals surface area contributed by atoms with Gasteiger partial charge in [-0.1, -0.05) is 6.07 Å². The number of esters is 1. The SMILES string of the molecule is O=C1OC(O)c2c(O)cccc21. The van der Waals surface area contributed by atoms with Crippen molar-refractivity contribution in [3.05, 3.63) is 29.3 Å². The Morgan fingerprint density at radius 2 is 2.17 bits per heavy atom. The van der Waals surface area contributed by atoms with Crippen LogP contribution in [0.2, 0.25) is 0 Å². The summed E-state index contributed by atoms with van der Waals surface area (Å²) in [5, 5.41) is 18.4. The molecule has 0 radical (unpaired) electrons. The van der Waals surface area contributed by atoms with Crippen LogP contribution in [0.25, 0.3) is 0 Å². The van der Waals surface area contributed by atoms with Crippen LogP contribution in [0.3, 0.4) is 0 Å². The van der Waals surface area contributed by atoms with Crippen molar-refractivity contribution in [3.63, 3.8) is 0 Å². The van der Waals surface area contributed by atoms with Crippen LogP contribution >= 0.6 is 0 Å². The van der Waals surface area contributed by atoms with E-state index in [0.29, 0.717) is 0 Å². The molecule has 0 spiro atoms. The average molecular weight is 166 g/mol. The normalized spacial score (nSPS) is 20.4. The van der Waals surface area contributed by atoms with Crippen molar-refractivity contribution >= 4 is 5.97 Å². The summed E-state index contributed by atoms with van der Waals surface area (Å²) in [6.07, 6.45) is -1.33. The first-order chi connectivity index (χ1) is 5.70. The van der Waals surface area contributed by atoms with Gasteiger partial charge in [0.1, 0.15) is 5.75 Å². The van der Waals surface area contributed by atoms with E-state index in [0.717, 1.165) is 0 Å². The minimum atomic E-state index is -1.33. The average Bonchev–Trinajstić information content (AvgIpc) is 2.29. The minimum absolute atomic E-state index is 0.120. The molecule has 0 saturated carbocycles. The molecule has 2 N–H and O–H groups in total. The van der Waals surface area contributed by atoms with Gasteiger partial charge in [0.25, 0.3) is 0 Å². The van der Waals surface area contributed by atoms with Gasteiger partial charge in [0, 0.05) is 0 Å². The molecule has 0 amide bonds. The van der Waals surface area contributed by atoms with Gasteiger partial charge in [-0.2, -0.15) is 0 Å². The number of fused-ring (bicyclic) bond motifs is 1. The quantitative estimate of drug-likeness (QED) is 0.552. The van der Waals surface area contributed by atoms with Crippen molar-refractivity contribution in [1.29, 1.82) is 0 Å². The smallest absolute Gasteiger partial charge is 0.341 e. The predicted molar refractivity (Wildman–Crippen MR) is 38.5 cm³/mol. The second kappa shape index (κ2) is 2.22. The lowest BCUT2D eigenvalue weighted by atomic mass is 10.1. The zero-order chi connectivity index (χ0) is 8.72. The zero-order valence-electron chi connectivity index (χ0n) is 6.02. The van der Waals surface area contributed by atoms with Crippen molar-refractivity contribution in [3.8, 4) is 5.75 Å². The third-order valence-corrected chi connectivity index (χ3v) is 1.77. The summed E-state index contributed by atoms with van der Waals surface area (Å²) in [6.45, 7) is 0. The third-order valence-electron chi connectivity index (χ3n) is 1.77. The molecule has 1 aromatic rings. The van der Waals surface area contributed by atoms with Crippen LogP contribution in [0.1, 0.15) is 22.2 Å². The molecular formula is C8H6O4. The van der Waals surface area contributed by atoms with Crippen molar-refractivity contribution in [1.82, 2.24) is 0 Å². The maximum absolute atomic E-state index is 10.9. The highest BCUT2D eigenvalue weighted by atomic mass is 16.6. The molecule has 0 bridgehead atoms. The summed E-state index contributed by atoms with van der Waals surface area (Å²) in [4.78, 5) is 10.9. The fourth-order valence-electron chi connectivity index (χ4n) is 1.21. The van der Waals surface area contributed by atoms with E-state index < -0.39 is 12.3 Å². The summed E-state index contributed by atoms with van der Waals surface area (Å²) in [6, 6.07) is 4.41. The Morgan fingerprint density at radius 1 is 1.42 bits per heavy atom. The van der Waals surface area contributed by atoms with Gasteiger partial charge < -0.3 is 14.9 Å². The van der Waals surface area contributed by atoms with Gasteiger partial charge in [-0.25, -0.2) is 4.79 Å². The van der Waals surface area contributed by atoms with E-state index in [1.54, 1.807) is 0 Å². The van der Waals surface area contributed by atoms with Gasteiger partial charge in [-0.05, 0) is 12.1 Å². The maximum Gasteiger partial charge on any atom is 0.341 e. The molecule has 1 aromatic carbocycles. The van der Waals surface area contributed by atoms with Gasteiger partial charge in [0.05, 0.1) is 11.1 Å². The Kier molecular flexibility index (Phi) is 1.31. The first-order valence-electron chi connectivity index (χ1n) is 3.41. The molecule has 4 heteroatoms. The van der Waals surface area contributed by atoms with E-state index in [1.165, 1.54) is 18.2 Å². The minimum Gasteiger partial charge on any atom is -0.507 e. The lowest BCUT2D eigenvalue weighted by Crippen LogP contribution is -1.95. The summed E-state index contributed by atoms with van der Waals surface area (Å²) < 4.78 is 4.47. The van der Waals surface area contributed by atoms with Crippen LogP contribution < -0.4 is 0 Å². The van der Waals surface area contributed by atoms with Crippen LogP contribution in [-0.4, -0.2) is 16.2 Å². The number of benzene rings is 1. The van der Waals surface area contributed by atoms with Crippen LogP contribution in [0.4, 0.5) is 0 Å². The lowest BCUT2D eigenvalue weighted by Gasteiger charge is -2.02. The largest absolute Gasteiger partial charge is 0.507 e. The number of rotatable bonds is 0. The number of cyclic esters (lactones) is 1. The van der Waals surface area contributed by atoms with Crippen LogP contribution in [0.5, 0.6) is 5.75 Å². The van der Waals surface area contributed by atoms with Crippen molar-refractivity contribution < 1.29 is 19.7 Å². The van der Waals surface area contributed by atoms with Crippen molar-refractivity contribution in [2.75, 3.05) is 0 Å². The fraction of sp³-hybridized carbons (Fsp3) is 0.125. The molecule has 4 nitrogen and oxygen atoms in total. The van der Waals surface area contributed by atoms with Gasteiger partial charge in [0.2, 0.25) is 6.29 Å². The van der Waals surface area contributed by atoms with Crippen LogP contribution in [-0.2, 0) is 4.74 Å². The molecular weight excluding hydrogens is 160 g/mol. The van der Waals surface area contributed by atoms with E-state index >= 15 is 0 Å². The number of ether oxygens (including phenoxy) is 1. The summed E-state index contributed by atoms with van der Waals surface area (Å²) in [5.41, 5.74) is 0.380. The lowest BCUT2D eigenvalue weighted by molar-refractivity contribution is -0.0555. The number of aliphatic hydroxyl groups is 1. The second-order valence-corrected chi connectivity index (χ2v) is 2.50. The molecule has 0 aromatic heterocycles. The maximum atomic E-state index is 10.9. The number of aliphatic hydroxyl groups excluding tert-OH is 1. The summed E-state index contributed by atoms with van der Waals surface area (Å²) in [5.74, 6) is -0.723. The molecule has 62 valence electrons. The number of hydrogen-bond donors (Lipinski definition) is 2. The molecule has 1 aliphatic rings. The van der Waals surface area contributed by atoms with E-state index in [-0.39, 0.29) is 16.9 Å². The highest BCUT2D eigenvalue weighted by Gasteiger charge is 2.31. The number of phenols is 1. The Bertz CT molecular complexity index is 345. The number of carbonyl (C=O) groups is 1. The first-order valence-corrected chi connectivity index (χ1v) is 3.41. The van der Waals surface area contributed by atoms with Gasteiger partial charge in [-0.3, -0.25) is 0 Å². The molecule has 1 atom stereocenters. The third kappa shape index (κ3) is 0.785. The first kappa shape index (κ1) is 7.12. The molecule has 2 rings (SSSR count). The molecule has 0 fully saturated rings. The Labute approximate surface area is 68.0 Å². The number of carbonyl (C=O) groups excluding carboxylic acids is 1. The second-order valence-electron chi connectivity index (χ2n) is 2.50. The predicted octanol–water partition coefficient (Wildman–Crippen LogP) is 0.553. The van der Waals surface area contributed by atoms with Crippen LogP contribution in [0.15, 0.2) is 18.2 Å². The number of hydrogen-bond acceptors (Lipinski definition) is 4. The topological polar surface area (TPSA) is 66.8 Å². The van der Waals surface area contributed by atoms with Gasteiger partial charge in [-0.15, -0.1) is 0 Å². The monoisotopic (exact) mass is 166 g/mol. The summed E-state index contributed by atoms with van der Waals surface area (Å²) in [7, 11) is 0. The molecule has 1 unspecified atom stereocenters. The standard InChI is InChI=1S/C8H6O4/c9-5-3-1-2-4-6(5)8(11)12-7(4)10/h1-3,8-9,11H. The highest BCUT2D eigenvalue weighted by molar-refractivity contribution is 5.94. The van der Waals surface area contributed by atoms with E-state index in [9.17, 15) is 9.90 Å². The van der Waals surface area contributed by atoms with Gasteiger partial charge >= 0.3 is 5.97 Å². The summed E-state index contributed by atoms with van der Waals surface area (Å²) >= 11 is 0.